The van der Waals surface area contributed by atoms with Crippen molar-refractivity contribution >= 4 is 11.7 Å². The van der Waals surface area contributed by atoms with E-state index in [9.17, 15) is 4.39 Å². The first kappa shape index (κ1) is 15.2. The van der Waals surface area contributed by atoms with Gasteiger partial charge in [0, 0.05) is 43.8 Å². The topological polar surface area (TPSA) is 40.5 Å². The number of guanidine groups is 1. The lowest BCUT2D eigenvalue weighted by Gasteiger charge is -2.27. The van der Waals surface area contributed by atoms with Gasteiger partial charge in [0.25, 0.3) is 0 Å². The Bertz CT molecular complexity index is 725. The fourth-order valence-electron chi connectivity index (χ4n) is 2.45. The van der Waals surface area contributed by atoms with Crippen LogP contribution in [0.1, 0.15) is 11.1 Å². The Hall–Kier alpha value is -2.69. The average molecular weight is 310 g/mol. The van der Waals surface area contributed by atoms with Crippen molar-refractivity contribution in [3.8, 4) is 0 Å². The second-order valence-electron chi connectivity index (χ2n) is 5.44. The van der Waals surface area contributed by atoms with Gasteiger partial charge in [-0.05, 0) is 42.3 Å². The van der Waals surface area contributed by atoms with Crippen LogP contribution in [-0.2, 0) is 6.42 Å². The van der Waals surface area contributed by atoms with Crippen molar-refractivity contribution in [2.75, 3.05) is 20.1 Å². The van der Waals surface area contributed by atoms with E-state index in [4.69, 9.17) is 0 Å². The Kier molecular flexibility index (Phi) is 4.66. The van der Waals surface area contributed by atoms with Crippen LogP contribution in [-0.4, -0.2) is 36.0 Å². The van der Waals surface area contributed by atoms with Crippen molar-refractivity contribution in [2.24, 2.45) is 4.99 Å². The number of pyridine rings is 1. The van der Waals surface area contributed by atoms with Crippen LogP contribution in [0, 0.1) is 5.82 Å². The zero-order valence-corrected chi connectivity index (χ0v) is 13.0. The highest BCUT2D eigenvalue weighted by molar-refractivity contribution is 5.91. The van der Waals surface area contributed by atoms with Gasteiger partial charge in [-0.2, -0.15) is 0 Å². The van der Waals surface area contributed by atoms with Crippen molar-refractivity contribution in [2.45, 2.75) is 6.42 Å². The molecule has 0 radical (unpaired) electrons. The summed E-state index contributed by atoms with van der Waals surface area (Å²) in [5, 5.41) is 3.35. The van der Waals surface area contributed by atoms with Gasteiger partial charge < -0.3 is 10.2 Å². The first-order chi connectivity index (χ1) is 11.2. The number of likely N-dealkylation sites (N-methyl/N-ethyl adjacent to an activating group) is 1. The van der Waals surface area contributed by atoms with Gasteiger partial charge >= 0.3 is 0 Å². The Morgan fingerprint density at radius 2 is 2.09 bits per heavy atom. The first-order valence-corrected chi connectivity index (χ1v) is 7.60. The molecule has 0 amide bonds. The van der Waals surface area contributed by atoms with Gasteiger partial charge in [0.2, 0.25) is 0 Å². The monoisotopic (exact) mass is 310 g/mol. The normalized spacial score (nSPS) is 16.2. The molecule has 2 heterocycles. The van der Waals surface area contributed by atoms with E-state index in [1.54, 1.807) is 24.5 Å². The lowest BCUT2D eigenvalue weighted by atomic mass is 10.1. The Labute approximate surface area is 135 Å². The SMILES string of the molecule is CN1CC=C(c2ccncc2)NC1=NCCc1cccc(F)c1. The van der Waals surface area contributed by atoms with Gasteiger partial charge in [0.15, 0.2) is 5.96 Å². The van der Waals surface area contributed by atoms with Gasteiger partial charge in [-0.3, -0.25) is 9.98 Å². The number of aliphatic imine (C=N–C) groups is 1. The number of nitrogens with one attached hydrogen (secondary N) is 1. The zero-order valence-electron chi connectivity index (χ0n) is 13.0. The maximum atomic E-state index is 13.2. The molecule has 0 saturated heterocycles. The quantitative estimate of drug-likeness (QED) is 0.944. The molecule has 0 fully saturated rings. The summed E-state index contributed by atoms with van der Waals surface area (Å²) in [5.41, 5.74) is 3.08. The van der Waals surface area contributed by atoms with Crippen LogP contribution in [0.25, 0.3) is 5.70 Å². The minimum Gasteiger partial charge on any atom is -0.342 e. The second kappa shape index (κ2) is 7.05. The van der Waals surface area contributed by atoms with Crippen LogP contribution in [0.4, 0.5) is 4.39 Å². The Balaban J connectivity index is 1.66. The molecule has 0 spiro atoms. The van der Waals surface area contributed by atoms with Gasteiger partial charge in [0.05, 0.1) is 0 Å². The highest BCUT2D eigenvalue weighted by atomic mass is 19.1. The van der Waals surface area contributed by atoms with E-state index < -0.39 is 0 Å². The molecule has 3 rings (SSSR count). The molecule has 0 atom stereocenters. The molecule has 1 aliphatic heterocycles. The first-order valence-electron chi connectivity index (χ1n) is 7.60. The summed E-state index contributed by atoms with van der Waals surface area (Å²) in [6.07, 6.45) is 6.39. The number of aromatic nitrogens is 1. The van der Waals surface area contributed by atoms with E-state index in [1.165, 1.54) is 6.07 Å². The van der Waals surface area contributed by atoms with Gasteiger partial charge in [-0.15, -0.1) is 0 Å². The summed E-state index contributed by atoms with van der Waals surface area (Å²) in [5.74, 6) is 0.627. The van der Waals surface area contributed by atoms with Crippen molar-refractivity contribution in [1.82, 2.24) is 15.2 Å². The van der Waals surface area contributed by atoms with Crippen LogP contribution in [0.2, 0.25) is 0 Å². The maximum Gasteiger partial charge on any atom is 0.198 e. The van der Waals surface area contributed by atoms with E-state index in [0.717, 1.165) is 29.3 Å². The van der Waals surface area contributed by atoms with Gasteiger partial charge in [-0.25, -0.2) is 4.39 Å². The third-order valence-corrected chi connectivity index (χ3v) is 3.72. The summed E-state index contributed by atoms with van der Waals surface area (Å²) in [6.45, 7) is 1.41. The molecule has 118 valence electrons. The minimum absolute atomic E-state index is 0.203. The minimum atomic E-state index is -0.203. The smallest absolute Gasteiger partial charge is 0.198 e. The summed E-state index contributed by atoms with van der Waals surface area (Å²) < 4.78 is 13.2. The predicted molar refractivity (Wildman–Crippen MR) is 90.4 cm³/mol. The molecule has 2 aromatic rings. The molecule has 0 aliphatic carbocycles. The number of hydrogen-bond acceptors (Lipinski definition) is 2. The van der Waals surface area contributed by atoms with E-state index >= 15 is 0 Å². The van der Waals surface area contributed by atoms with Crippen molar-refractivity contribution < 1.29 is 4.39 Å². The van der Waals surface area contributed by atoms with Gasteiger partial charge in [0.1, 0.15) is 5.82 Å². The van der Waals surface area contributed by atoms with E-state index in [1.807, 2.05) is 25.2 Å². The zero-order chi connectivity index (χ0) is 16.1. The summed E-state index contributed by atoms with van der Waals surface area (Å²) in [4.78, 5) is 10.7. The van der Waals surface area contributed by atoms with E-state index in [-0.39, 0.29) is 5.82 Å². The molecule has 1 N–H and O–H groups in total. The fraction of sp³-hybridized carbons (Fsp3) is 0.222. The third-order valence-electron chi connectivity index (χ3n) is 3.72. The van der Waals surface area contributed by atoms with Crippen LogP contribution in [0.15, 0.2) is 59.9 Å². The molecular formula is C18H19FN4. The molecule has 23 heavy (non-hydrogen) atoms. The molecule has 1 aliphatic rings. The molecule has 0 bridgehead atoms. The number of rotatable bonds is 4. The highest BCUT2D eigenvalue weighted by Crippen LogP contribution is 2.14. The summed E-state index contributed by atoms with van der Waals surface area (Å²) in [7, 11) is 1.99. The van der Waals surface area contributed by atoms with E-state index in [0.29, 0.717) is 13.0 Å². The van der Waals surface area contributed by atoms with Crippen molar-refractivity contribution in [1.29, 1.82) is 0 Å². The molecule has 1 aromatic heterocycles. The van der Waals surface area contributed by atoms with Crippen molar-refractivity contribution in [3.05, 3.63) is 71.8 Å². The van der Waals surface area contributed by atoms with Crippen LogP contribution < -0.4 is 5.32 Å². The largest absolute Gasteiger partial charge is 0.342 e. The van der Waals surface area contributed by atoms with Gasteiger partial charge in [-0.1, -0.05) is 12.1 Å². The number of benzene rings is 1. The number of nitrogens with zero attached hydrogens (tertiary/aromatic N) is 3. The molecule has 0 saturated carbocycles. The maximum absolute atomic E-state index is 13.2. The van der Waals surface area contributed by atoms with Crippen LogP contribution in [0.5, 0.6) is 0 Å². The fourth-order valence-corrected chi connectivity index (χ4v) is 2.45. The molecule has 4 nitrogen and oxygen atoms in total. The lowest BCUT2D eigenvalue weighted by molar-refractivity contribution is 0.533. The predicted octanol–water partition coefficient (Wildman–Crippen LogP) is 2.70. The standard InChI is InChI=1S/C18H19FN4/c1-23-12-8-17(15-6-9-20-10-7-15)22-18(23)21-11-5-14-3-2-4-16(19)13-14/h2-4,6-10,13H,5,11-12H2,1H3,(H,21,22). The number of hydrogen-bond donors (Lipinski definition) is 1. The third kappa shape index (κ3) is 3.94. The molecule has 5 heteroatoms. The molecular weight excluding hydrogens is 291 g/mol. The Morgan fingerprint density at radius 1 is 1.26 bits per heavy atom. The summed E-state index contributed by atoms with van der Waals surface area (Å²) in [6, 6.07) is 10.6. The van der Waals surface area contributed by atoms with Crippen molar-refractivity contribution in [3.63, 3.8) is 0 Å². The number of halogens is 1. The van der Waals surface area contributed by atoms with Crippen LogP contribution >= 0.6 is 0 Å². The summed E-state index contributed by atoms with van der Waals surface area (Å²) >= 11 is 0. The molecule has 1 aromatic carbocycles. The average Bonchev–Trinajstić information content (AvgIpc) is 2.57. The molecule has 0 unspecified atom stereocenters. The Morgan fingerprint density at radius 3 is 2.87 bits per heavy atom. The van der Waals surface area contributed by atoms with Crippen LogP contribution in [0.3, 0.4) is 0 Å². The van der Waals surface area contributed by atoms with E-state index in [2.05, 4.69) is 26.3 Å². The second-order valence-corrected chi connectivity index (χ2v) is 5.44. The lowest BCUT2D eigenvalue weighted by Crippen LogP contribution is -2.42. The highest BCUT2D eigenvalue weighted by Gasteiger charge is 2.14.